The zero-order chi connectivity index (χ0) is 22.5. The van der Waals surface area contributed by atoms with Crippen LogP contribution in [0, 0.1) is 5.92 Å². The molecule has 1 aromatic heterocycles. The fourth-order valence-corrected chi connectivity index (χ4v) is 4.54. The highest BCUT2D eigenvalue weighted by Gasteiger charge is 2.26. The van der Waals surface area contributed by atoms with Crippen molar-refractivity contribution in [2.45, 2.75) is 45.1 Å². The molecule has 7 nitrogen and oxygen atoms in total. The van der Waals surface area contributed by atoms with Crippen molar-refractivity contribution < 1.29 is 14.3 Å². The summed E-state index contributed by atoms with van der Waals surface area (Å²) in [7, 11) is 2.05. The average molecular weight is 439 g/mol. The Morgan fingerprint density at radius 3 is 2.81 bits per heavy atom. The van der Waals surface area contributed by atoms with Gasteiger partial charge in [-0.05, 0) is 43.0 Å². The van der Waals surface area contributed by atoms with Crippen molar-refractivity contribution in [2.24, 2.45) is 5.92 Å². The number of hydrogen-bond acceptors (Lipinski definition) is 7. The van der Waals surface area contributed by atoms with Crippen molar-refractivity contribution in [2.75, 3.05) is 49.7 Å². The van der Waals surface area contributed by atoms with Crippen molar-refractivity contribution >= 4 is 17.5 Å². The number of aromatic nitrogens is 2. The van der Waals surface area contributed by atoms with Gasteiger partial charge < -0.3 is 24.1 Å². The van der Waals surface area contributed by atoms with Crippen LogP contribution in [-0.4, -0.2) is 61.8 Å². The third-order valence-corrected chi connectivity index (χ3v) is 6.34. The summed E-state index contributed by atoms with van der Waals surface area (Å²) in [6, 6.07) is 10.1. The summed E-state index contributed by atoms with van der Waals surface area (Å²) in [4.78, 5) is 25.0. The van der Waals surface area contributed by atoms with E-state index < -0.39 is 0 Å². The van der Waals surface area contributed by atoms with Gasteiger partial charge in [-0.1, -0.05) is 19.1 Å². The SMILES string of the molecule is CC(=O)C[C@@H](C)c1ccc(O[C@@H]2CCN(c3ccnc(N(C)CC4CCOC4)n3)C2)cc1. The number of nitrogens with zero attached hydrogens (tertiary/aromatic N) is 4. The molecule has 2 saturated heterocycles. The molecular formula is C25H34N4O3. The Balaban J connectivity index is 1.32. The number of ketones is 1. The molecule has 1 unspecified atom stereocenters. The molecule has 3 atom stereocenters. The monoisotopic (exact) mass is 438 g/mol. The summed E-state index contributed by atoms with van der Waals surface area (Å²) in [6.07, 6.45) is 4.60. The van der Waals surface area contributed by atoms with Crippen LogP contribution in [0.15, 0.2) is 36.5 Å². The molecule has 172 valence electrons. The Morgan fingerprint density at radius 1 is 1.28 bits per heavy atom. The third-order valence-electron chi connectivity index (χ3n) is 6.34. The van der Waals surface area contributed by atoms with E-state index in [2.05, 4.69) is 33.8 Å². The number of Topliss-reactive ketones (excluding diaryl/α,β-unsaturated/α-hetero) is 1. The maximum Gasteiger partial charge on any atom is 0.227 e. The number of carbonyl (C=O) groups excluding carboxylic acids is 1. The fourth-order valence-electron chi connectivity index (χ4n) is 4.54. The topological polar surface area (TPSA) is 67.8 Å². The van der Waals surface area contributed by atoms with Crippen LogP contribution >= 0.6 is 0 Å². The smallest absolute Gasteiger partial charge is 0.227 e. The van der Waals surface area contributed by atoms with Gasteiger partial charge in [0.1, 0.15) is 23.5 Å². The van der Waals surface area contributed by atoms with E-state index in [1.54, 1.807) is 6.92 Å². The molecule has 0 amide bonds. The molecule has 7 heteroatoms. The summed E-state index contributed by atoms with van der Waals surface area (Å²) in [5.74, 6) is 3.58. The van der Waals surface area contributed by atoms with E-state index in [9.17, 15) is 4.79 Å². The lowest BCUT2D eigenvalue weighted by Crippen LogP contribution is -2.29. The average Bonchev–Trinajstić information content (AvgIpc) is 3.46. The molecule has 2 aliphatic heterocycles. The van der Waals surface area contributed by atoms with E-state index in [4.69, 9.17) is 14.5 Å². The van der Waals surface area contributed by atoms with Gasteiger partial charge in [0.2, 0.25) is 5.95 Å². The predicted molar refractivity (Wildman–Crippen MR) is 126 cm³/mol. The van der Waals surface area contributed by atoms with Crippen LogP contribution in [-0.2, 0) is 9.53 Å². The van der Waals surface area contributed by atoms with Gasteiger partial charge in [0.15, 0.2) is 0 Å². The maximum absolute atomic E-state index is 11.4. The second-order valence-electron chi connectivity index (χ2n) is 9.18. The first-order valence-electron chi connectivity index (χ1n) is 11.6. The van der Waals surface area contributed by atoms with E-state index in [1.807, 2.05) is 31.4 Å². The molecule has 3 heterocycles. The van der Waals surface area contributed by atoms with E-state index in [0.29, 0.717) is 12.3 Å². The summed E-state index contributed by atoms with van der Waals surface area (Å²) in [5, 5.41) is 0. The number of ether oxygens (including phenoxy) is 2. The van der Waals surface area contributed by atoms with E-state index in [0.717, 1.165) is 63.2 Å². The normalized spacial score (nSPS) is 21.5. The van der Waals surface area contributed by atoms with Crippen LogP contribution in [0.3, 0.4) is 0 Å². The zero-order valence-electron chi connectivity index (χ0n) is 19.4. The Morgan fingerprint density at radius 2 is 2.09 bits per heavy atom. The lowest BCUT2D eigenvalue weighted by atomic mass is 9.96. The Kier molecular flexibility index (Phi) is 7.25. The lowest BCUT2D eigenvalue weighted by molar-refractivity contribution is -0.117. The number of hydrogen-bond donors (Lipinski definition) is 0. The molecule has 0 spiro atoms. The maximum atomic E-state index is 11.4. The first kappa shape index (κ1) is 22.5. The predicted octanol–water partition coefficient (Wildman–Crippen LogP) is 3.69. The molecule has 0 saturated carbocycles. The second-order valence-corrected chi connectivity index (χ2v) is 9.18. The van der Waals surface area contributed by atoms with Crippen LogP contribution in [0.2, 0.25) is 0 Å². The van der Waals surface area contributed by atoms with Gasteiger partial charge in [-0.2, -0.15) is 4.98 Å². The fraction of sp³-hybridized carbons (Fsp3) is 0.560. The standard InChI is InChI=1S/C25H34N4O3/c1-18(14-19(2)30)21-4-6-22(7-5-21)32-23-9-12-29(16-23)24-8-11-26-25(27-24)28(3)15-20-10-13-31-17-20/h4-8,11,18,20,23H,9-10,12-17H2,1-3H3/t18-,20?,23-/m1/s1. The molecule has 0 N–H and O–H groups in total. The van der Waals surface area contributed by atoms with Crippen molar-refractivity contribution in [3.05, 3.63) is 42.1 Å². The molecule has 4 rings (SSSR count). The quantitative estimate of drug-likeness (QED) is 0.591. The van der Waals surface area contributed by atoms with Crippen molar-refractivity contribution in [1.82, 2.24) is 9.97 Å². The molecule has 2 fully saturated rings. The third kappa shape index (κ3) is 5.76. The number of carbonyl (C=O) groups is 1. The minimum absolute atomic E-state index is 0.127. The molecule has 0 radical (unpaired) electrons. The molecule has 0 bridgehead atoms. The van der Waals surface area contributed by atoms with E-state index >= 15 is 0 Å². The molecule has 32 heavy (non-hydrogen) atoms. The van der Waals surface area contributed by atoms with Gasteiger partial charge in [-0.3, -0.25) is 0 Å². The largest absolute Gasteiger partial charge is 0.489 e. The van der Waals surface area contributed by atoms with Gasteiger partial charge >= 0.3 is 0 Å². The summed E-state index contributed by atoms with van der Waals surface area (Å²) < 4.78 is 11.7. The van der Waals surface area contributed by atoms with Crippen molar-refractivity contribution in [1.29, 1.82) is 0 Å². The van der Waals surface area contributed by atoms with Gasteiger partial charge in [-0.15, -0.1) is 0 Å². The Bertz CT molecular complexity index is 898. The number of anilines is 2. The second kappa shape index (κ2) is 10.3. The van der Waals surface area contributed by atoms with Crippen LogP contribution in [0.25, 0.3) is 0 Å². The van der Waals surface area contributed by atoms with Crippen LogP contribution in [0.4, 0.5) is 11.8 Å². The molecule has 1 aromatic carbocycles. The molecular weight excluding hydrogens is 404 g/mol. The van der Waals surface area contributed by atoms with Crippen LogP contribution in [0.5, 0.6) is 5.75 Å². The highest BCUT2D eigenvalue weighted by molar-refractivity contribution is 5.76. The first-order valence-corrected chi connectivity index (χ1v) is 11.6. The zero-order valence-corrected chi connectivity index (χ0v) is 19.4. The van der Waals surface area contributed by atoms with Gasteiger partial charge in [-0.25, -0.2) is 4.98 Å². The van der Waals surface area contributed by atoms with E-state index in [1.165, 1.54) is 5.56 Å². The molecule has 2 aromatic rings. The van der Waals surface area contributed by atoms with Gasteiger partial charge in [0.05, 0.1) is 13.2 Å². The molecule has 0 aliphatic carbocycles. The summed E-state index contributed by atoms with van der Waals surface area (Å²) >= 11 is 0. The van der Waals surface area contributed by atoms with Gasteiger partial charge in [0.25, 0.3) is 0 Å². The summed E-state index contributed by atoms with van der Waals surface area (Å²) in [6.45, 7) is 8.04. The van der Waals surface area contributed by atoms with Gasteiger partial charge in [0, 0.05) is 51.7 Å². The minimum atomic E-state index is 0.127. The first-order chi connectivity index (χ1) is 15.5. The highest BCUT2D eigenvalue weighted by Crippen LogP contribution is 2.26. The van der Waals surface area contributed by atoms with E-state index in [-0.39, 0.29) is 17.8 Å². The Labute approximate surface area is 190 Å². The minimum Gasteiger partial charge on any atom is -0.489 e. The van der Waals surface area contributed by atoms with Crippen molar-refractivity contribution in [3.8, 4) is 5.75 Å². The summed E-state index contributed by atoms with van der Waals surface area (Å²) in [5.41, 5.74) is 1.17. The Hall–Kier alpha value is -2.67. The molecule has 2 aliphatic rings. The van der Waals surface area contributed by atoms with Crippen LogP contribution < -0.4 is 14.5 Å². The van der Waals surface area contributed by atoms with Crippen molar-refractivity contribution in [3.63, 3.8) is 0 Å². The number of rotatable bonds is 9. The lowest BCUT2D eigenvalue weighted by Gasteiger charge is -2.23. The van der Waals surface area contributed by atoms with Crippen LogP contribution in [0.1, 0.15) is 44.6 Å². The number of benzene rings is 1. The highest BCUT2D eigenvalue weighted by atomic mass is 16.5.